The van der Waals surface area contributed by atoms with Gasteiger partial charge in [-0.25, -0.2) is 0 Å². The summed E-state index contributed by atoms with van der Waals surface area (Å²) in [5, 5.41) is 3.23. The van der Waals surface area contributed by atoms with Crippen LogP contribution >= 0.6 is 0 Å². The zero-order valence-electron chi connectivity index (χ0n) is 11.3. The number of allylic oxidation sites excluding steroid dienone is 5. The Morgan fingerprint density at radius 2 is 2.00 bits per heavy atom. The third kappa shape index (κ3) is 3.64. The van der Waals surface area contributed by atoms with E-state index in [9.17, 15) is 0 Å². The second-order valence-corrected chi connectivity index (χ2v) is 5.48. The van der Waals surface area contributed by atoms with Gasteiger partial charge in [-0.1, -0.05) is 52.0 Å². The fourth-order valence-electron chi connectivity index (χ4n) is 2.13. The molecule has 1 rings (SSSR count). The van der Waals surface area contributed by atoms with E-state index in [0.717, 1.165) is 13.0 Å². The number of rotatable bonds is 4. The van der Waals surface area contributed by atoms with E-state index in [4.69, 9.17) is 0 Å². The first kappa shape index (κ1) is 13.2. The van der Waals surface area contributed by atoms with Crippen molar-refractivity contribution in [2.45, 2.75) is 34.1 Å². The summed E-state index contributed by atoms with van der Waals surface area (Å²) in [6, 6.07) is 0. The normalized spacial score (nSPS) is 19.4. The van der Waals surface area contributed by atoms with Gasteiger partial charge in [-0.2, -0.15) is 0 Å². The van der Waals surface area contributed by atoms with Crippen LogP contribution in [0.25, 0.3) is 0 Å². The molecule has 0 amide bonds. The molecule has 0 unspecified atom stereocenters. The zero-order chi connectivity index (χ0) is 12.2. The van der Waals surface area contributed by atoms with Gasteiger partial charge in [-0.15, -0.1) is 0 Å². The molecule has 1 aliphatic rings. The third-order valence-corrected chi connectivity index (χ3v) is 2.98. The maximum absolute atomic E-state index is 3.23. The van der Waals surface area contributed by atoms with Gasteiger partial charge in [-0.05, 0) is 37.1 Å². The van der Waals surface area contributed by atoms with Gasteiger partial charge >= 0.3 is 0 Å². The smallest absolute Gasteiger partial charge is 0.00134 e. The molecule has 16 heavy (non-hydrogen) atoms. The van der Waals surface area contributed by atoms with Gasteiger partial charge in [0.2, 0.25) is 0 Å². The summed E-state index contributed by atoms with van der Waals surface area (Å²) in [5.41, 5.74) is 3.16. The van der Waals surface area contributed by atoms with E-state index in [0.29, 0.717) is 5.92 Å². The molecule has 0 saturated heterocycles. The summed E-state index contributed by atoms with van der Waals surface area (Å²) in [6.45, 7) is 10.1. The molecule has 0 aliphatic heterocycles. The van der Waals surface area contributed by atoms with Crippen molar-refractivity contribution in [3.05, 3.63) is 35.5 Å². The molecular formula is C15H25N. The first-order chi connectivity index (χ1) is 7.46. The van der Waals surface area contributed by atoms with Crippen molar-refractivity contribution in [1.29, 1.82) is 0 Å². The minimum atomic E-state index is 0.177. The topological polar surface area (TPSA) is 12.0 Å². The molecule has 1 nitrogen and oxygen atoms in total. The first-order valence-electron chi connectivity index (χ1n) is 6.22. The predicted octanol–water partition coefficient (Wildman–Crippen LogP) is 3.70. The molecular weight excluding hydrogens is 194 g/mol. The van der Waals surface area contributed by atoms with Gasteiger partial charge in [0.15, 0.2) is 0 Å². The van der Waals surface area contributed by atoms with Crippen LogP contribution in [0.1, 0.15) is 34.1 Å². The molecule has 0 heterocycles. The van der Waals surface area contributed by atoms with Crippen LogP contribution in [0.3, 0.4) is 0 Å². The summed E-state index contributed by atoms with van der Waals surface area (Å²) in [6.07, 6.45) is 10.3. The molecule has 1 N–H and O–H groups in total. The van der Waals surface area contributed by atoms with Crippen LogP contribution in [-0.2, 0) is 0 Å². The van der Waals surface area contributed by atoms with E-state index in [1.165, 1.54) is 11.1 Å². The Kier molecular flexibility index (Phi) is 4.55. The van der Waals surface area contributed by atoms with E-state index in [1.807, 2.05) is 7.05 Å². The largest absolute Gasteiger partial charge is 0.319 e. The van der Waals surface area contributed by atoms with Gasteiger partial charge in [0.25, 0.3) is 0 Å². The molecule has 0 spiro atoms. The summed E-state index contributed by atoms with van der Waals surface area (Å²) in [5.74, 6) is 0.599. The highest BCUT2D eigenvalue weighted by molar-refractivity contribution is 5.40. The molecule has 90 valence electrons. The van der Waals surface area contributed by atoms with E-state index in [-0.39, 0.29) is 5.41 Å². The summed E-state index contributed by atoms with van der Waals surface area (Å²) in [4.78, 5) is 0. The second-order valence-electron chi connectivity index (χ2n) is 5.48. The first-order valence-corrected chi connectivity index (χ1v) is 6.22. The maximum Gasteiger partial charge on any atom is 0.00134 e. The third-order valence-electron chi connectivity index (χ3n) is 2.98. The van der Waals surface area contributed by atoms with Crippen LogP contribution in [0.4, 0.5) is 0 Å². The van der Waals surface area contributed by atoms with Gasteiger partial charge in [0, 0.05) is 5.41 Å². The van der Waals surface area contributed by atoms with Crippen LogP contribution in [0.2, 0.25) is 0 Å². The van der Waals surface area contributed by atoms with Gasteiger partial charge in [0.1, 0.15) is 0 Å². The van der Waals surface area contributed by atoms with E-state index in [2.05, 4.69) is 57.3 Å². The Bertz CT molecular complexity index is 316. The van der Waals surface area contributed by atoms with E-state index >= 15 is 0 Å². The van der Waals surface area contributed by atoms with Gasteiger partial charge in [0.05, 0.1) is 0 Å². The molecule has 1 aliphatic carbocycles. The lowest BCUT2D eigenvalue weighted by Crippen LogP contribution is -2.12. The van der Waals surface area contributed by atoms with Crippen LogP contribution in [0, 0.1) is 11.3 Å². The minimum absolute atomic E-state index is 0.177. The Labute approximate surface area is 100 Å². The average Bonchev–Trinajstić information content (AvgIpc) is 2.33. The molecule has 0 fully saturated rings. The van der Waals surface area contributed by atoms with E-state index < -0.39 is 0 Å². The summed E-state index contributed by atoms with van der Waals surface area (Å²) >= 11 is 0. The molecule has 0 aromatic carbocycles. The Hall–Kier alpha value is -0.820. The van der Waals surface area contributed by atoms with E-state index in [1.54, 1.807) is 0 Å². The van der Waals surface area contributed by atoms with Crippen LogP contribution in [-0.4, -0.2) is 13.6 Å². The van der Waals surface area contributed by atoms with Crippen molar-refractivity contribution in [2.75, 3.05) is 13.6 Å². The number of hydrogen-bond acceptors (Lipinski definition) is 1. The fourth-order valence-corrected chi connectivity index (χ4v) is 2.13. The summed E-state index contributed by atoms with van der Waals surface area (Å²) in [7, 11) is 2.01. The Morgan fingerprint density at radius 3 is 2.56 bits per heavy atom. The van der Waals surface area contributed by atoms with Gasteiger partial charge in [-0.3, -0.25) is 0 Å². The van der Waals surface area contributed by atoms with Crippen molar-refractivity contribution < 1.29 is 0 Å². The molecule has 0 saturated carbocycles. The highest BCUT2D eigenvalue weighted by Gasteiger charge is 2.17. The Morgan fingerprint density at radius 1 is 1.31 bits per heavy atom. The minimum Gasteiger partial charge on any atom is -0.319 e. The molecule has 0 atom stereocenters. The SMILES string of the molecule is CNCCC1=CC(C)(C)C=CC=C1C(C)C. The maximum atomic E-state index is 3.23. The molecule has 0 aromatic rings. The molecule has 0 bridgehead atoms. The van der Waals surface area contributed by atoms with Crippen molar-refractivity contribution in [1.82, 2.24) is 5.32 Å². The average molecular weight is 219 g/mol. The zero-order valence-corrected chi connectivity index (χ0v) is 11.3. The lowest BCUT2D eigenvalue weighted by Gasteiger charge is -2.19. The van der Waals surface area contributed by atoms with Crippen LogP contribution in [0.5, 0.6) is 0 Å². The standard InChI is InChI=1S/C15H25N/c1-12(2)14-7-6-9-15(3,4)11-13(14)8-10-16-5/h6-7,9,11-12,16H,8,10H2,1-5H3. The molecule has 0 radical (unpaired) electrons. The lowest BCUT2D eigenvalue weighted by atomic mass is 9.86. The monoisotopic (exact) mass is 219 g/mol. The fraction of sp³-hybridized carbons (Fsp3) is 0.600. The molecule has 0 aromatic heterocycles. The number of nitrogens with one attached hydrogen (secondary N) is 1. The lowest BCUT2D eigenvalue weighted by molar-refractivity contribution is 0.614. The summed E-state index contributed by atoms with van der Waals surface area (Å²) < 4.78 is 0. The molecule has 1 heteroatoms. The van der Waals surface area contributed by atoms with Crippen LogP contribution in [0.15, 0.2) is 35.5 Å². The quantitative estimate of drug-likeness (QED) is 0.760. The Balaban J connectivity index is 2.98. The highest BCUT2D eigenvalue weighted by Crippen LogP contribution is 2.31. The van der Waals surface area contributed by atoms with Crippen LogP contribution < -0.4 is 5.32 Å². The van der Waals surface area contributed by atoms with Crippen molar-refractivity contribution in [3.8, 4) is 0 Å². The second kappa shape index (κ2) is 5.49. The number of hydrogen-bond donors (Lipinski definition) is 1. The van der Waals surface area contributed by atoms with Crippen molar-refractivity contribution in [3.63, 3.8) is 0 Å². The highest BCUT2D eigenvalue weighted by atomic mass is 14.8. The predicted molar refractivity (Wildman–Crippen MR) is 72.5 cm³/mol. The van der Waals surface area contributed by atoms with Gasteiger partial charge < -0.3 is 5.32 Å². The van der Waals surface area contributed by atoms with Crippen molar-refractivity contribution in [2.24, 2.45) is 11.3 Å². The van der Waals surface area contributed by atoms with Crippen molar-refractivity contribution >= 4 is 0 Å².